The van der Waals surface area contributed by atoms with Gasteiger partial charge in [-0.05, 0) is 37.1 Å². The van der Waals surface area contributed by atoms with Gasteiger partial charge in [-0.25, -0.2) is 13.4 Å². The Morgan fingerprint density at radius 2 is 1.65 bits per heavy atom. The number of aromatic amines is 1. The Kier molecular flexibility index (Phi) is 4.69. The van der Waals surface area contributed by atoms with Crippen molar-refractivity contribution in [3.05, 3.63) is 58.3 Å². The fourth-order valence-corrected chi connectivity index (χ4v) is 5.95. The summed E-state index contributed by atoms with van der Waals surface area (Å²) in [5, 5.41) is 0.300. The Balaban J connectivity index is 1.54. The third kappa shape index (κ3) is 3.11. The van der Waals surface area contributed by atoms with Gasteiger partial charge in [-0.2, -0.15) is 4.31 Å². The summed E-state index contributed by atoms with van der Waals surface area (Å²) >= 11 is 12.2. The van der Waals surface area contributed by atoms with Crippen molar-refractivity contribution in [1.29, 1.82) is 0 Å². The minimum absolute atomic E-state index is 0.00878. The number of piperidine rings is 1. The number of H-pyrrole nitrogens is 1. The molecule has 4 rings (SSSR count). The zero-order valence-corrected chi connectivity index (χ0v) is 16.2. The van der Waals surface area contributed by atoms with Crippen molar-refractivity contribution in [3.8, 4) is 0 Å². The van der Waals surface area contributed by atoms with Crippen LogP contribution in [0.25, 0.3) is 11.0 Å². The van der Waals surface area contributed by atoms with Crippen LogP contribution >= 0.6 is 23.2 Å². The van der Waals surface area contributed by atoms with Gasteiger partial charge in [0.25, 0.3) is 0 Å². The predicted octanol–water partition coefficient (Wildman–Crippen LogP) is 4.44. The number of benzene rings is 2. The van der Waals surface area contributed by atoms with Crippen LogP contribution in [0.1, 0.15) is 24.6 Å². The van der Waals surface area contributed by atoms with E-state index in [4.69, 9.17) is 23.2 Å². The van der Waals surface area contributed by atoms with Crippen molar-refractivity contribution in [3.63, 3.8) is 0 Å². The minimum Gasteiger partial charge on any atom is -0.342 e. The average molecular weight is 410 g/mol. The molecule has 0 unspecified atom stereocenters. The van der Waals surface area contributed by atoms with E-state index >= 15 is 0 Å². The molecule has 26 heavy (non-hydrogen) atoms. The molecule has 2 aromatic carbocycles. The highest BCUT2D eigenvalue weighted by Crippen LogP contribution is 2.35. The predicted molar refractivity (Wildman–Crippen MR) is 103 cm³/mol. The number of fused-ring (bicyclic) bond motifs is 1. The highest BCUT2D eigenvalue weighted by Gasteiger charge is 2.33. The molecule has 8 heteroatoms. The van der Waals surface area contributed by atoms with E-state index in [9.17, 15) is 8.42 Å². The maximum absolute atomic E-state index is 12.9. The third-order valence-electron chi connectivity index (χ3n) is 4.77. The summed E-state index contributed by atoms with van der Waals surface area (Å²) in [6.45, 7) is 0.817. The van der Waals surface area contributed by atoms with E-state index in [1.54, 1.807) is 18.2 Å². The second-order valence-corrected chi connectivity index (χ2v) is 9.06. The third-order valence-corrected chi connectivity index (χ3v) is 7.62. The van der Waals surface area contributed by atoms with Gasteiger partial charge in [0.05, 0.1) is 21.1 Å². The van der Waals surface area contributed by atoms with E-state index in [2.05, 4.69) is 9.97 Å². The van der Waals surface area contributed by atoms with Gasteiger partial charge in [-0.15, -0.1) is 0 Å². The number of para-hydroxylation sites is 2. The highest BCUT2D eigenvalue weighted by atomic mass is 35.5. The molecule has 136 valence electrons. The van der Waals surface area contributed by atoms with Crippen LogP contribution in [-0.4, -0.2) is 35.8 Å². The van der Waals surface area contributed by atoms with Crippen LogP contribution in [0.4, 0.5) is 0 Å². The Morgan fingerprint density at radius 1 is 1.00 bits per heavy atom. The van der Waals surface area contributed by atoms with Crippen LogP contribution in [-0.2, 0) is 10.0 Å². The maximum atomic E-state index is 12.9. The first-order valence-corrected chi connectivity index (χ1v) is 10.6. The largest absolute Gasteiger partial charge is 0.342 e. The summed E-state index contributed by atoms with van der Waals surface area (Å²) in [4.78, 5) is 7.98. The van der Waals surface area contributed by atoms with Crippen molar-refractivity contribution in [2.75, 3.05) is 13.1 Å². The molecule has 0 spiro atoms. The quantitative estimate of drug-likeness (QED) is 0.695. The zero-order chi connectivity index (χ0) is 18.3. The summed E-state index contributed by atoms with van der Waals surface area (Å²) in [6, 6.07) is 12.6. The lowest BCUT2D eigenvalue weighted by Crippen LogP contribution is -2.38. The van der Waals surface area contributed by atoms with Crippen LogP contribution in [0.5, 0.6) is 0 Å². The van der Waals surface area contributed by atoms with E-state index in [-0.39, 0.29) is 20.9 Å². The minimum atomic E-state index is -3.71. The summed E-state index contributed by atoms with van der Waals surface area (Å²) < 4.78 is 27.4. The second-order valence-electron chi connectivity index (χ2n) is 6.37. The molecule has 1 N–H and O–H groups in total. The van der Waals surface area contributed by atoms with Crippen molar-refractivity contribution >= 4 is 44.3 Å². The van der Waals surface area contributed by atoms with Gasteiger partial charge >= 0.3 is 0 Å². The van der Waals surface area contributed by atoms with E-state index in [1.165, 1.54) is 4.31 Å². The van der Waals surface area contributed by atoms with Crippen molar-refractivity contribution in [1.82, 2.24) is 14.3 Å². The molecule has 3 aromatic rings. The molecule has 1 aromatic heterocycles. The smallest absolute Gasteiger partial charge is 0.246 e. The van der Waals surface area contributed by atoms with Crippen LogP contribution in [0.15, 0.2) is 47.4 Å². The van der Waals surface area contributed by atoms with Gasteiger partial charge in [0.1, 0.15) is 10.7 Å². The molecule has 0 saturated carbocycles. The second kappa shape index (κ2) is 6.85. The van der Waals surface area contributed by atoms with Crippen LogP contribution in [0.2, 0.25) is 10.0 Å². The Morgan fingerprint density at radius 3 is 2.31 bits per heavy atom. The average Bonchev–Trinajstić information content (AvgIpc) is 3.05. The lowest BCUT2D eigenvalue weighted by molar-refractivity contribution is 0.314. The summed E-state index contributed by atoms with van der Waals surface area (Å²) in [5.41, 5.74) is 1.93. The summed E-state index contributed by atoms with van der Waals surface area (Å²) in [7, 11) is -3.71. The molecule has 1 saturated heterocycles. The molecule has 0 aliphatic carbocycles. The van der Waals surface area contributed by atoms with Crippen molar-refractivity contribution in [2.45, 2.75) is 23.7 Å². The zero-order valence-electron chi connectivity index (χ0n) is 13.8. The first-order valence-electron chi connectivity index (χ1n) is 8.35. The standard InChI is InChI=1S/C18H17Cl2N3O2S/c19-13-4-3-5-14(20)17(13)26(24,25)23-10-8-12(9-11-23)18-21-15-6-1-2-7-16(15)22-18/h1-7,12H,8-11H2,(H,21,22). The van der Waals surface area contributed by atoms with E-state index in [1.807, 2.05) is 24.3 Å². The lowest BCUT2D eigenvalue weighted by atomic mass is 9.97. The first-order chi connectivity index (χ1) is 12.5. The van der Waals surface area contributed by atoms with Gasteiger partial charge in [-0.1, -0.05) is 41.4 Å². The Hall–Kier alpha value is -1.60. The van der Waals surface area contributed by atoms with Gasteiger partial charge in [-0.3, -0.25) is 0 Å². The first kappa shape index (κ1) is 17.8. The summed E-state index contributed by atoms with van der Waals surface area (Å²) in [6.07, 6.45) is 1.39. The molecule has 2 heterocycles. The summed E-state index contributed by atoms with van der Waals surface area (Å²) in [5.74, 6) is 1.12. The van der Waals surface area contributed by atoms with Crippen molar-refractivity contribution < 1.29 is 8.42 Å². The highest BCUT2D eigenvalue weighted by molar-refractivity contribution is 7.89. The van der Waals surface area contributed by atoms with E-state index < -0.39 is 10.0 Å². The molecule has 1 fully saturated rings. The molecule has 0 amide bonds. The normalized spacial score (nSPS) is 17.0. The van der Waals surface area contributed by atoms with Crippen LogP contribution in [0, 0.1) is 0 Å². The SMILES string of the molecule is O=S(=O)(c1c(Cl)cccc1Cl)N1CCC(c2nc3ccccc3[nH]2)CC1. The lowest BCUT2D eigenvalue weighted by Gasteiger charge is -2.30. The number of aromatic nitrogens is 2. The topological polar surface area (TPSA) is 66.1 Å². The molecule has 0 atom stereocenters. The number of nitrogens with zero attached hydrogens (tertiary/aromatic N) is 2. The molecular formula is C18H17Cl2N3O2S. The number of hydrogen-bond acceptors (Lipinski definition) is 3. The van der Waals surface area contributed by atoms with E-state index in [0.717, 1.165) is 16.9 Å². The van der Waals surface area contributed by atoms with Crippen LogP contribution < -0.4 is 0 Å². The number of imidazole rings is 1. The molecule has 5 nitrogen and oxygen atoms in total. The number of rotatable bonds is 3. The van der Waals surface area contributed by atoms with Crippen LogP contribution in [0.3, 0.4) is 0 Å². The van der Waals surface area contributed by atoms with Gasteiger partial charge in [0.15, 0.2) is 0 Å². The molecular weight excluding hydrogens is 393 g/mol. The molecule has 0 radical (unpaired) electrons. The van der Waals surface area contributed by atoms with Gasteiger partial charge in [0.2, 0.25) is 10.0 Å². The molecule has 1 aliphatic rings. The number of halogens is 2. The fourth-order valence-electron chi connectivity index (χ4n) is 3.39. The maximum Gasteiger partial charge on any atom is 0.246 e. The fraction of sp³-hybridized carbons (Fsp3) is 0.278. The van der Waals surface area contributed by atoms with Gasteiger partial charge < -0.3 is 4.98 Å². The Labute approximate surface area is 162 Å². The van der Waals surface area contributed by atoms with Crippen molar-refractivity contribution in [2.24, 2.45) is 0 Å². The number of hydrogen-bond donors (Lipinski definition) is 1. The molecule has 1 aliphatic heterocycles. The van der Waals surface area contributed by atoms with E-state index in [0.29, 0.717) is 25.9 Å². The number of nitrogens with one attached hydrogen (secondary N) is 1. The van der Waals surface area contributed by atoms with Gasteiger partial charge in [0, 0.05) is 19.0 Å². The monoisotopic (exact) mass is 409 g/mol. The number of sulfonamides is 1. The Bertz CT molecular complexity index is 1000. The molecule has 0 bridgehead atoms.